The first kappa shape index (κ1) is 9.58. The molecule has 1 rings (SSSR count). The van der Waals surface area contributed by atoms with E-state index in [1.54, 1.807) is 6.92 Å². The zero-order chi connectivity index (χ0) is 9.30. The number of nitrogens with zero attached hydrogens (tertiary/aromatic N) is 1. The Morgan fingerprint density at radius 1 is 1.42 bits per heavy atom. The monoisotopic (exact) mass is 207 g/mol. The number of aromatic hydroxyl groups is 1. The van der Waals surface area contributed by atoms with Gasteiger partial charge >= 0.3 is 0 Å². The quantitative estimate of drug-likeness (QED) is 0.693. The molecule has 0 bridgehead atoms. The van der Waals surface area contributed by atoms with Crippen LogP contribution in [0.4, 0.5) is 0 Å². The van der Waals surface area contributed by atoms with E-state index in [-0.39, 0.29) is 28.1 Å². The molecule has 3 nitrogen and oxygen atoms in total. The highest BCUT2D eigenvalue weighted by Gasteiger charge is 2.13. The summed E-state index contributed by atoms with van der Waals surface area (Å²) in [5.74, 6) is -0.134. The number of hydrogen-bond acceptors (Lipinski definition) is 3. The van der Waals surface area contributed by atoms with Gasteiger partial charge in [-0.05, 0) is 6.92 Å². The molecule has 2 N–H and O–H groups in total. The average molecular weight is 208 g/mol. The SMILES string of the molecule is Cc1nc(Cl)c(CO)c(Cl)c1O. The molecule has 0 radical (unpaired) electrons. The molecule has 0 saturated carbocycles. The van der Waals surface area contributed by atoms with Crippen molar-refractivity contribution >= 4 is 23.2 Å². The lowest BCUT2D eigenvalue weighted by Gasteiger charge is -2.06. The second-order valence-corrected chi connectivity index (χ2v) is 3.02. The van der Waals surface area contributed by atoms with Crippen molar-refractivity contribution in [3.05, 3.63) is 21.4 Å². The third-order valence-electron chi connectivity index (χ3n) is 1.49. The Labute approximate surface area is 79.6 Å². The highest BCUT2D eigenvalue weighted by Crippen LogP contribution is 2.33. The molecule has 0 spiro atoms. The molecule has 1 aromatic heterocycles. The van der Waals surface area contributed by atoms with Gasteiger partial charge in [-0.2, -0.15) is 0 Å². The van der Waals surface area contributed by atoms with Crippen molar-refractivity contribution < 1.29 is 10.2 Å². The van der Waals surface area contributed by atoms with Crippen LogP contribution in [-0.2, 0) is 6.61 Å². The van der Waals surface area contributed by atoms with Crippen LogP contribution in [0.3, 0.4) is 0 Å². The average Bonchev–Trinajstić information content (AvgIpc) is 2.01. The van der Waals surface area contributed by atoms with E-state index in [9.17, 15) is 5.11 Å². The van der Waals surface area contributed by atoms with Gasteiger partial charge in [-0.1, -0.05) is 23.2 Å². The van der Waals surface area contributed by atoms with Gasteiger partial charge in [0.05, 0.1) is 17.3 Å². The fourth-order valence-corrected chi connectivity index (χ4v) is 1.41. The standard InChI is InChI=1S/C7H7Cl2NO2/c1-3-6(12)5(8)4(2-11)7(9)10-3/h11-12H,2H2,1H3. The Bertz CT molecular complexity index is 315. The molecule has 0 aliphatic carbocycles. The number of halogens is 2. The summed E-state index contributed by atoms with van der Waals surface area (Å²) in [5.41, 5.74) is 0.601. The fraction of sp³-hybridized carbons (Fsp3) is 0.286. The molecule has 0 aromatic carbocycles. The van der Waals surface area contributed by atoms with Gasteiger partial charge in [0.2, 0.25) is 0 Å². The van der Waals surface area contributed by atoms with Gasteiger partial charge in [0.1, 0.15) is 5.15 Å². The minimum absolute atomic E-state index is 0.0648. The number of aliphatic hydroxyl groups is 1. The number of hydrogen-bond donors (Lipinski definition) is 2. The lowest BCUT2D eigenvalue weighted by Crippen LogP contribution is -1.93. The van der Waals surface area contributed by atoms with Crippen LogP contribution in [0.1, 0.15) is 11.3 Å². The zero-order valence-corrected chi connectivity index (χ0v) is 7.82. The predicted octanol–water partition coefficient (Wildman–Crippen LogP) is 1.89. The van der Waals surface area contributed by atoms with Gasteiger partial charge < -0.3 is 10.2 Å². The molecular formula is C7H7Cl2NO2. The van der Waals surface area contributed by atoms with E-state index in [1.807, 2.05) is 0 Å². The molecule has 0 aliphatic rings. The molecule has 5 heteroatoms. The zero-order valence-electron chi connectivity index (χ0n) is 6.30. The van der Waals surface area contributed by atoms with E-state index in [0.717, 1.165) is 0 Å². The van der Waals surface area contributed by atoms with Gasteiger partial charge in [-0.15, -0.1) is 0 Å². The normalized spacial score (nSPS) is 10.3. The summed E-state index contributed by atoms with van der Waals surface area (Å²) in [7, 11) is 0. The maximum Gasteiger partial charge on any atom is 0.155 e. The molecule has 0 unspecified atom stereocenters. The lowest BCUT2D eigenvalue weighted by atomic mass is 10.2. The van der Waals surface area contributed by atoms with Crippen LogP contribution in [0, 0.1) is 6.92 Å². The van der Waals surface area contributed by atoms with E-state index in [1.165, 1.54) is 0 Å². The summed E-state index contributed by atoms with van der Waals surface area (Å²) < 4.78 is 0. The molecule has 1 heterocycles. The summed E-state index contributed by atoms with van der Waals surface area (Å²) in [6.45, 7) is 1.24. The Hall–Kier alpha value is -0.510. The van der Waals surface area contributed by atoms with Crippen LogP contribution in [-0.4, -0.2) is 15.2 Å². The van der Waals surface area contributed by atoms with Crippen LogP contribution >= 0.6 is 23.2 Å². The maximum absolute atomic E-state index is 9.28. The van der Waals surface area contributed by atoms with Gasteiger partial charge in [-0.3, -0.25) is 0 Å². The smallest absolute Gasteiger partial charge is 0.155 e. The molecule has 0 saturated heterocycles. The maximum atomic E-state index is 9.28. The van der Waals surface area contributed by atoms with Gasteiger partial charge in [0.15, 0.2) is 5.75 Å². The van der Waals surface area contributed by atoms with E-state index in [2.05, 4.69) is 4.98 Å². The molecule has 0 aliphatic heterocycles. The molecule has 0 atom stereocenters. The van der Waals surface area contributed by atoms with E-state index in [0.29, 0.717) is 5.69 Å². The van der Waals surface area contributed by atoms with E-state index >= 15 is 0 Å². The minimum Gasteiger partial charge on any atom is -0.505 e. The number of rotatable bonds is 1. The van der Waals surface area contributed by atoms with Crippen LogP contribution in [0.25, 0.3) is 0 Å². The summed E-state index contributed by atoms with van der Waals surface area (Å²) in [6, 6.07) is 0. The summed E-state index contributed by atoms with van der Waals surface area (Å²) >= 11 is 11.3. The largest absolute Gasteiger partial charge is 0.505 e. The third-order valence-corrected chi connectivity index (χ3v) is 2.21. The van der Waals surface area contributed by atoms with Crippen molar-refractivity contribution in [2.24, 2.45) is 0 Å². The Morgan fingerprint density at radius 3 is 2.50 bits per heavy atom. The molecule has 0 amide bonds. The second-order valence-electron chi connectivity index (χ2n) is 2.29. The summed E-state index contributed by atoms with van der Waals surface area (Å²) in [5, 5.41) is 18.3. The second kappa shape index (κ2) is 3.47. The van der Waals surface area contributed by atoms with Crippen LogP contribution < -0.4 is 0 Å². The highest BCUT2D eigenvalue weighted by molar-refractivity contribution is 6.36. The van der Waals surface area contributed by atoms with E-state index < -0.39 is 0 Å². The van der Waals surface area contributed by atoms with Crippen LogP contribution in [0.15, 0.2) is 0 Å². The summed E-state index contributed by atoms with van der Waals surface area (Å²) in [6.07, 6.45) is 0. The van der Waals surface area contributed by atoms with Crippen molar-refractivity contribution in [2.45, 2.75) is 13.5 Å². The molecular weight excluding hydrogens is 201 g/mol. The summed E-state index contributed by atoms with van der Waals surface area (Å²) in [4.78, 5) is 3.78. The first-order valence-electron chi connectivity index (χ1n) is 3.22. The fourth-order valence-electron chi connectivity index (χ4n) is 0.795. The Balaban J connectivity index is 3.40. The molecule has 0 fully saturated rings. The highest BCUT2D eigenvalue weighted by atomic mass is 35.5. The van der Waals surface area contributed by atoms with Crippen molar-refractivity contribution in [1.29, 1.82) is 0 Å². The first-order valence-corrected chi connectivity index (χ1v) is 3.97. The van der Waals surface area contributed by atoms with Crippen molar-refractivity contribution in [3.8, 4) is 5.75 Å². The lowest BCUT2D eigenvalue weighted by molar-refractivity contribution is 0.280. The first-order chi connectivity index (χ1) is 5.57. The Kier molecular flexibility index (Phi) is 2.77. The number of aryl methyl sites for hydroxylation is 1. The van der Waals surface area contributed by atoms with Gasteiger partial charge in [-0.25, -0.2) is 4.98 Å². The molecule has 66 valence electrons. The van der Waals surface area contributed by atoms with Gasteiger partial charge in [0, 0.05) is 5.56 Å². The topological polar surface area (TPSA) is 53.4 Å². The van der Waals surface area contributed by atoms with Crippen molar-refractivity contribution in [2.75, 3.05) is 0 Å². The minimum atomic E-state index is -0.335. The van der Waals surface area contributed by atoms with Crippen LogP contribution in [0.5, 0.6) is 5.75 Å². The molecule has 1 aromatic rings. The van der Waals surface area contributed by atoms with Gasteiger partial charge in [0.25, 0.3) is 0 Å². The number of aromatic nitrogens is 1. The van der Waals surface area contributed by atoms with Crippen molar-refractivity contribution in [3.63, 3.8) is 0 Å². The van der Waals surface area contributed by atoms with Crippen LogP contribution in [0.2, 0.25) is 10.2 Å². The number of pyridine rings is 1. The number of aliphatic hydroxyl groups excluding tert-OH is 1. The third kappa shape index (κ3) is 1.48. The predicted molar refractivity (Wildman–Crippen MR) is 46.6 cm³/mol. The van der Waals surface area contributed by atoms with E-state index in [4.69, 9.17) is 28.3 Å². The Morgan fingerprint density at radius 2 is 2.00 bits per heavy atom. The molecule has 12 heavy (non-hydrogen) atoms. The van der Waals surface area contributed by atoms with Crippen molar-refractivity contribution in [1.82, 2.24) is 4.98 Å².